The summed E-state index contributed by atoms with van der Waals surface area (Å²) >= 11 is 0. The molecule has 0 radical (unpaired) electrons. The molecule has 6 nitrogen and oxygen atoms in total. The highest BCUT2D eigenvalue weighted by atomic mass is 19.3. The van der Waals surface area contributed by atoms with Crippen molar-refractivity contribution in [3.05, 3.63) is 29.3 Å². The number of nitrogens with one attached hydrogen (secondary N) is 1. The first kappa shape index (κ1) is 19.7. The Labute approximate surface area is 150 Å². The summed E-state index contributed by atoms with van der Waals surface area (Å²) < 4.78 is 39.9. The standard InChI is InChI=1S/C18H20F2N2O4/c1-2-24-16-9-12(5-6-15(16)26-18(19)20)8-13(10-21)17(23)22-11-14-4-3-7-25-14/h5-6,8-9,14,18H,2-4,7,11H2,1H3,(H,22,23)/b13-8+/t14-/m1/s1. The molecular formula is C18H20F2N2O4. The minimum atomic E-state index is -2.98. The van der Waals surface area contributed by atoms with E-state index in [0.29, 0.717) is 18.7 Å². The summed E-state index contributed by atoms with van der Waals surface area (Å²) in [5, 5.41) is 11.9. The molecular weight excluding hydrogens is 346 g/mol. The van der Waals surface area contributed by atoms with Crippen LogP contribution in [-0.4, -0.2) is 38.4 Å². The second-order valence-electron chi connectivity index (χ2n) is 5.53. The van der Waals surface area contributed by atoms with Gasteiger partial charge in [-0.05, 0) is 43.5 Å². The summed E-state index contributed by atoms with van der Waals surface area (Å²) in [5.74, 6) is -0.521. The van der Waals surface area contributed by atoms with Gasteiger partial charge in [0.05, 0.1) is 12.7 Å². The summed E-state index contributed by atoms with van der Waals surface area (Å²) in [5.41, 5.74) is 0.354. The van der Waals surface area contributed by atoms with E-state index >= 15 is 0 Å². The van der Waals surface area contributed by atoms with Gasteiger partial charge in [0.15, 0.2) is 11.5 Å². The van der Waals surface area contributed by atoms with Crippen molar-refractivity contribution < 1.29 is 27.8 Å². The fourth-order valence-corrected chi connectivity index (χ4v) is 2.50. The van der Waals surface area contributed by atoms with Crippen LogP contribution < -0.4 is 14.8 Å². The molecule has 0 bridgehead atoms. The zero-order valence-electron chi connectivity index (χ0n) is 14.3. The molecule has 0 saturated carbocycles. The second kappa shape index (κ2) is 9.73. The Bertz CT molecular complexity index is 695. The maximum absolute atomic E-state index is 12.4. The number of hydrogen-bond donors (Lipinski definition) is 1. The SMILES string of the molecule is CCOc1cc(/C=C(\C#N)C(=O)NC[C@H]2CCCO2)ccc1OC(F)F. The molecule has 1 aromatic rings. The highest BCUT2D eigenvalue weighted by molar-refractivity contribution is 6.01. The van der Waals surface area contributed by atoms with E-state index in [1.807, 2.05) is 6.07 Å². The van der Waals surface area contributed by atoms with Crippen LogP contribution in [0.1, 0.15) is 25.3 Å². The van der Waals surface area contributed by atoms with Crippen molar-refractivity contribution in [1.29, 1.82) is 5.26 Å². The summed E-state index contributed by atoms with van der Waals surface area (Å²) in [6.07, 6.45) is 3.15. The zero-order chi connectivity index (χ0) is 18.9. The lowest BCUT2D eigenvalue weighted by Gasteiger charge is -2.12. The molecule has 1 fully saturated rings. The third kappa shape index (κ3) is 5.70. The number of nitriles is 1. The van der Waals surface area contributed by atoms with Gasteiger partial charge in [-0.1, -0.05) is 6.07 Å². The van der Waals surface area contributed by atoms with Gasteiger partial charge in [0.2, 0.25) is 0 Å². The van der Waals surface area contributed by atoms with Crippen molar-refractivity contribution in [2.24, 2.45) is 0 Å². The van der Waals surface area contributed by atoms with E-state index in [9.17, 15) is 18.8 Å². The Hall–Kier alpha value is -2.66. The Morgan fingerprint density at radius 1 is 1.50 bits per heavy atom. The molecule has 0 spiro atoms. The minimum absolute atomic E-state index is 0.0331. The lowest BCUT2D eigenvalue weighted by molar-refractivity contribution is -0.117. The Kier molecular flexibility index (Phi) is 7.36. The molecule has 2 rings (SSSR count). The average molecular weight is 366 g/mol. The smallest absolute Gasteiger partial charge is 0.387 e. The topological polar surface area (TPSA) is 80.6 Å². The number of halogens is 2. The number of benzene rings is 1. The molecule has 0 aliphatic carbocycles. The molecule has 1 amide bonds. The Balaban J connectivity index is 2.12. The lowest BCUT2D eigenvalue weighted by atomic mass is 10.1. The predicted octanol–water partition coefficient (Wildman–Crippen LogP) is 2.89. The van der Waals surface area contributed by atoms with Crippen LogP contribution >= 0.6 is 0 Å². The Morgan fingerprint density at radius 3 is 2.92 bits per heavy atom. The number of ether oxygens (including phenoxy) is 3. The third-order valence-corrected chi connectivity index (χ3v) is 3.67. The van der Waals surface area contributed by atoms with E-state index in [1.165, 1.54) is 24.3 Å². The van der Waals surface area contributed by atoms with E-state index in [0.717, 1.165) is 12.8 Å². The summed E-state index contributed by atoms with van der Waals surface area (Å²) in [4.78, 5) is 12.1. The van der Waals surface area contributed by atoms with Gasteiger partial charge in [0.1, 0.15) is 11.6 Å². The van der Waals surface area contributed by atoms with Gasteiger partial charge in [0, 0.05) is 13.2 Å². The normalized spacial score (nSPS) is 17.0. The maximum atomic E-state index is 12.4. The number of hydrogen-bond acceptors (Lipinski definition) is 5. The number of carbonyl (C=O) groups excluding carboxylic acids is 1. The van der Waals surface area contributed by atoms with Crippen LogP contribution in [0, 0.1) is 11.3 Å². The molecule has 1 aliphatic rings. The number of alkyl halides is 2. The van der Waals surface area contributed by atoms with E-state index < -0.39 is 12.5 Å². The molecule has 0 aromatic heterocycles. The van der Waals surface area contributed by atoms with Gasteiger partial charge < -0.3 is 19.5 Å². The van der Waals surface area contributed by atoms with Crippen molar-refractivity contribution in [3.63, 3.8) is 0 Å². The molecule has 1 N–H and O–H groups in total. The van der Waals surface area contributed by atoms with E-state index in [1.54, 1.807) is 6.92 Å². The number of amides is 1. The van der Waals surface area contributed by atoms with Crippen molar-refractivity contribution in [1.82, 2.24) is 5.32 Å². The molecule has 1 aliphatic heterocycles. The maximum Gasteiger partial charge on any atom is 0.387 e. The highest BCUT2D eigenvalue weighted by Gasteiger charge is 2.18. The monoisotopic (exact) mass is 366 g/mol. The first-order valence-electron chi connectivity index (χ1n) is 8.26. The van der Waals surface area contributed by atoms with Crippen molar-refractivity contribution in [2.45, 2.75) is 32.5 Å². The van der Waals surface area contributed by atoms with Gasteiger partial charge in [-0.15, -0.1) is 0 Å². The largest absolute Gasteiger partial charge is 0.490 e. The van der Waals surface area contributed by atoms with Gasteiger partial charge in [-0.25, -0.2) is 0 Å². The number of nitrogens with zero attached hydrogens (tertiary/aromatic N) is 1. The van der Waals surface area contributed by atoms with Crippen molar-refractivity contribution >= 4 is 12.0 Å². The first-order chi connectivity index (χ1) is 12.5. The molecule has 1 aromatic carbocycles. The van der Waals surface area contributed by atoms with Crippen LogP contribution in [0.25, 0.3) is 6.08 Å². The molecule has 8 heteroatoms. The molecule has 1 atom stereocenters. The van der Waals surface area contributed by atoms with Crippen molar-refractivity contribution in [2.75, 3.05) is 19.8 Å². The first-order valence-corrected chi connectivity index (χ1v) is 8.26. The van der Waals surface area contributed by atoms with Crippen LogP contribution in [0.5, 0.6) is 11.5 Å². The fourth-order valence-electron chi connectivity index (χ4n) is 2.50. The van der Waals surface area contributed by atoms with Gasteiger partial charge >= 0.3 is 6.61 Å². The van der Waals surface area contributed by atoms with Crippen LogP contribution in [0.15, 0.2) is 23.8 Å². The highest BCUT2D eigenvalue weighted by Crippen LogP contribution is 2.30. The lowest BCUT2D eigenvalue weighted by Crippen LogP contribution is -2.32. The van der Waals surface area contributed by atoms with Crippen LogP contribution in [0.2, 0.25) is 0 Å². The molecule has 26 heavy (non-hydrogen) atoms. The summed E-state index contributed by atoms with van der Waals surface area (Å²) in [6.45, 7) is -0.0140. The second-order valence-corrected chi connectivity index (χ2v) is 5.53. The Morgan fingerprint density at radius 2 is 2.31 bits per heavy atom. The van der Waals surface area contributed by atoms with E-state index in [4.69, 9.17) is 9.47 Å². The number of rotatable bonds is 8. The van der Waals surface area contributed by atoms with Gasteiger partial charge in [0.25, 0.3) is 5.91 Å². The van der Waals surface area contributed by atoms with Gasteiger partial charge in [-0.2, -0.15) is 14.0 Å². The molecule has 0 unspecified atom stereocenters. The molecule has 140 valence electrons. The van der Waals surface area contributed by atoms with Gasteiger partial charge in [-0.3, -0.25) is 4.79 Å². The molecule has 1 saturated heterocycles. The van der Waals surface area contributed by atoms with E-state index in [2.05, 4.69) is 10.1 Å². The minimum Gasteiger partial charge on any atom is -0.490 e. The average Bonchev–Trinajstić information content (AvgIpc) is 3.13. The van der Waals surface area contributed by atoms with Crippen LogP contribution in [0.4, 0.5) is 8.78 Å². The quantitative estimate of drug-likeness (QED) is 0.565. The van der Waals surface area contributed by atoms with Crippen molar-refractivity contribution in [3.8, 4) is 17.6 Å². The fraction of sp³-hybridized carbons (Fsp3) is 0.444. The molecule has 1 heterocycles. The third-order valence-electron chi connectivity index (χ3n) is 3.67. The zero-order valence-corrected chi connectivity index (χ0v) is 14.3. The van der Waals surface area contributed by atoms with Crippen LogP contribution in [0.3, 0.4) is 0 Å². The predicted molar refractivity (Wildman–Crippen MR) is 89.8 cm³/mol. The number of carbonyl (C=O) groups is 1. The summed E-state index contributed by atoms with van der Waals surface area (Å²) in [7, 11) is 0. The van der Waals surface area contributed by atoms with Crippen LogP contribution in [-0.2, 0) is 9.53 Å². The van der Waals surface area contributed by atoms with E-state index in [-0.39, 0.29) is 29.8 Å². The summed E-state index contributed by atoms with van der Waals surface area (Å²) in [6, 6.07) is 6.05.